The van der Waals surface area contributed by atoms with Gasteiger partial charge in [-0.1, -0.05) is 36.8 Å². The Morgan fingerprint density at radius 1 is 1.16 bits per heavy atom. The van der Waals surface area contributed by atoms with Gasteiger partial charge in [0.05, 0.1) is 19.2 Å². The lowest BCUT2D eigenvalue weighted by Gasteiger charge is -2.35. The van der Waals surface area contributed by atoms with Gasteiger partial charge < -0.3 is 10.4 Å². The van der Waals surface area contributed by atoms with E-state index in [2.05, 4.69) is 27.4 Å². The fourth-order valence-electron chi connectivity index (χ4n) is 3.44. The van der Waals surface area contributed by atoms with Gasteiger partial charge in [-0.15, -0.1) is 0 Å². The van der Waals surface area contributed by atoms with Crippen LogP contribution >= 0.6 is 0 Å². The fraction of sp³-hybridized carbons (Fsp3) is 0.474. The second-order valence-electron chi connectivity index (χ2n) is 6.40. The summed E-state index contributed by atoms with van der Waals surface area (Å²) in [5.41, 5.74) is 1.72. The van der Waals surface area contributed by atoms with Crippen LogP contribution in [-0.4, -0.2) is 51.9 Å². The van der Waals surface area contributed by atoms with Gasteiger partial charge in [-0.3, -0.25) is 14.4 Å². The molecule has 0 bridgehead atoms. The van der Waals surface area contributed by atoms with Crippen molar-refractivity contribution >= 4 is 5.91 Å². The molecule has 3 rings (SSSR count). The summed E-state index contributed by atoms with van der Waals surface area (Å²) in [6, 6.07) is 12.2. The van der Waals surface area contributed by atoms with E-state index in [1.165, 1.54) is 29.5 Å². The molecule has 1 atom stereocenters. The van der Waals surface area contributed by atoms with Gasteiger partial charge in [0.25, 0.3) is 5.91 Å². The van der Waals surface area contributed by atoms with Crippen LogP contribution < -0.4 is 5.32 Å². The molecule has 2 heterocycles. The van der Waals surface area contributed by atoms with Crippen LogP contribution in [0.5, 0.6) is 0 Å². The third kappa shape index (κ3) is 4.46. The van der Waals surface area contributed by atoms with Crippen molar-refractivity contribution in [2.45, 2.75) is 31.8 Å². The third-order valence-corrected chi connectivity index (χ3v) is 4.73. The summed E-state index contributed by atoms with van der Waals surface area (Å²) in [6.45, 7) is 2.98. The van der Waals surface area contributed by atoms with Crippen LogP contribution in [-0.2, 0) is 6.54 Å². The Morgan fingerprint density at radius 2 is 1.92 bits per heavy atom. The highest BCUT2D eigenvalue weighted by molar-refractivity contribution is 5.92. The summed E-state index contributed by atoms with van der Waals surface area (Å²) >= 11 is 0. The summed E-state index contributed by atoms with van der Waals surface area (Å²) < 4.78 is 1.54. The second kappa shape index (κ2) is 8.78. The molecule has 2 N–H and O–H groups in total. The lowest BCUT2D eigenvalue weighted by molar-refractivity contribution is 0.0912. The lowest BCUT2D eigenvalue weighted by atomic mass is 10.0. The Kier molecular flexibility index (Phi) is 6.19. The van der Waals surface area contributed by atoms with E-state index in [9.17, 15) is 4.79 Å². The zero-order valence-electron chi connectivity index (χ0n) is 14.5. The molecule has 1 fully saturated rings. The molecule has 1 aliphatic rings. The number of aliphatic hydroxyl groups is 1. The molecular formula is C19H26N4O2. The van der Waals surface area contributed by atoms with Crippen molar-refractivity contribution in [3.8, 4) is 0 Å². The predicted octanol–water partition coefficient (Wildman–Crippen LogP) is 1.83. The molecule has 25 heavy (non-hydrogen) atoms. The van der Waals surface area contributed by atoms with Crippen LogP contribution in [0.15, 0.2) is 42.6 Å². The van der Waals surface area contributed by atoms with Gasteiger partial charge in [0.15, 0.2) is 0 Å². The van der Waals surface area contributed by atoms with Crippen LogP contribution in [0.4, 0.5) is 0 Å². The maximum atomic E-state index is 12.5. The molecule has 6 heteroatoms. The van der Waals surface area contributed by atoms with E-state index in [-0.39, 0.29) is 18.6 Å². The first-order valence-electron chi connectivity index (χ1n) is 8.99. The molecule has 2 aromatic rings. The second-order valence-corrected chi connectivity index (χ2v) is 6.40. The van der Waals surface area contributed by atoms with E-state index in [1.807, 2.05) is 18.2 Å². The van der Waals surface area contributed by atoms with Gasteiger partial charge in [-0.05, 0) is 37.6 Å². The molecule has 0 radical (unpaired) electrons. The monoisotopic (exact) mass is 342 g/mol. The first kappa shape index (κ1) is 17.6. The van der Waals surface area contributed by atoms with Crippen molar-refractivity contribution in [1.82, 2.24) is 20.0 Å². The molecule has 1 aromatic carbocycles. The van der Waals surface area contributed by atoms with E-state index in [4.69, 9.17) is 5.11 Å². The quantitative estimate of drug-likeness (QED) is 0.805. The van der Waals surface area contributed by atoms with Gasteiger partial charge in [0.2, 0.25) is 0 Å². The van der Waals surface area contributed by atoms with Gasteiger partial charge in [0.1, 0.15) is 5.69 Å². The number of amides is 1. The minimum Gasteiger partial charge on any atom is -0.394 e. The lowest BCUT2D eigenvalue weighted by Crippen LogP contribution is -2.41. The normalized spacial score (nSPS) is 16.5. The highest BCUT2D eigenvalue weighted by Gasteiger charge is 2.23. The number of aliphatic hydroxyl groups excluding tert-OH is 1. The number of carbonyl (C=O) groups is 1. The average molecular weight is 342 g/mol. The summed E-state index contributed by atoms with van der Waals surface area (Å²) in [4.78, 5) is 15.0. The molecule has 0 aliphatic carbocycles. The Labute approximate surface area is 148 Å². The average Bonchev–Trinajstić information content (AvgIpc) is 3.12. The largest absolute Gasteiger partial charge is 0.394 e. The highest BCUT2D eigenvalue weighted by atomic mass is 16.3. The molecular weight excluding hydrogens is 316 g/mol. The Balaban J connectivity index is 1.69. The van der Waals surface area contributed by atoms with Crippen LogP contribution in [0.25, 0.3) is 0 Å². The maximum Gasteiger partial charge on any atom is 0.269 e. The molecule has 6 nitrogen and oxygen atoms in total. The van der Waals surface area contributed by atoms with Crippen molar-refractivity contribution < 1.29 is 9.90 Å². The molecule has 1 aromatic heterocycles. The zero-order valence-corrected chi connectivity index (χ0v) is 14.5. The van der Waals surface area contributed by atoms with E-state index >= 15 is 0 Å². The molecule has 0 spiro atoms. The molecule has 134 valence electrons. The topological polar surface area (TPSA) is 70.4 Å². The first-order valence-corrected chi connectivity index (χ1v) is 8.99. The fourth-order valence-corrected chi connectivity index (χ4v) is 3.44. The number of hydrogen-bond donors (Lipinski definition) is 2. The number of nitrogens with zero attached hydrogens (tertiary/aromatic N) is 3. The Hall–Kier alpha value is -2.18. The SMILES string of the molecule is O=C(NCC(c1ccccc1)N1CCCCC1)c1ccnn1CCO. The van der Waals surface area contributed by atoms with Crippen molar-refractivity contribution in [2.75, 3.05) is 26.2 Å². The van der Waals surface area contributed by atoms with Crippen LogP contribution in [0.1, 0.15) is 41.4 Å². The standard InChI is InChI=1S/C19H26N4O2/c24-14-13-23-17(9-10-21-23)19(25)20-15-18(16-7-3-1-4-8-16)22-11-5-2-6-12-22/h1,3-4,7-10,18,24H,2,5-6,11-15H2,(H,20,25). The smallest absolute Gasteiger partial charge is 0.269 e. The number of nitrogens with one attached hydrogen (secondary N) is 1. The molecule has 0 saturated carbocycles. The number of benzene rings is 1. The van der Waals surface area contributed by atoms with E-state index in [0.717, 1.165) is 13.1 Å². The Bertz CT molecular complexity index is 665. The van der Waals surface area contributed by atoms with Crippen molar-refractivity contribution in [2.24, 2.45) is 0 Å². The summed E-state index contributed by atoms with van der Waals surface area (Å²) in [7, 11) is 0. The zero-order chi connectivity index (χ0) is 17.5. The third-order valence-electron chi connectivity index (χ3n) is 4.73. The van der Waals surface area contributed by atoms with Gasteiger partial charge in [-0.25, -0.2) is 0 Å². The van der Waals surface area contributed by atoms with Crippen LogP contribution in [0.3, 0.4) is 0 Å². The minimum absolute atomic E-state index is 0.0393. The van der Waals surface area contributed by atoms with Gasteiger partial charge in [-0.2, -0.15) is 5.10 Å². The number of piperidine rings is 1. The number of aromatic nitrogens is 2. The number of likely N-dealkylation sites (tertiary alicyclic amines) is 1. The summed E-state index contributed by atoms with van der Waals surface area (Å²) in [5.74, 6) is -0.149. The van der Waals surface area contributed by atoms with Crippen molar-refractivity contribution in [3.63, 3.8) is 0 Å². The first-order chi connectivity index (χ1) is 12.3. The van der Waals surface area contributed by atoms with Gasteiger partial charge in [0, 0.05) is 12.7 Å². The Morgan fingerprint density at radius 3 is 2.64 bits per heavy atom. The summed E-state index contributed by atoms with van der Waals surface area (Å²) in [6.07, 6.45) is 5.29. The predicted molar refractivity (Wildman–Crippen MR) is 96.3 cm³/mol. The molecule has 1 unspecified atom stereocenters. The van der Waals surface area contributed by atoms with Gasteiger partial charge >= 0.3 is 0 Å². The van der Waals surface area contributed by atoms with Crippen molar-refractivity contribution in [1.29, 1.82) is 0 Å². The van der Waals surface area contributed by atoms with E-state index in [1.54, 1.807) is 12.3 Å². The number of carbonyl (C=O) groups excluding carboxylic acids is 1. The van der Waals surface area contributed by atoms with Crippen LogP contribution in [0, 0.1) is 0 Å². The minimum atomic E-state index is -0.149. The number of rotatable bonds is 7. The van der Waals surface area contributed by atoms with Crippen LogP contribution in [0.2, 0.25) is 0 Å². The molecule has 1 amide bonds. The highest BCUT2D eigenvalue weighted by Crippen LogP contribution is 2.24. The molecule has 1 saturated heterocycles. The number of hydrogen-bond acceptors (Lipinski definition) is 4. The summed E-state index contributed by atoms with van der Waals surface area (Å²) in [5, 5.41) is 16.2. The molecule has 1 aliphatic heterocycles. The van der Waals surface area contributed by atoms with E-state index < -0.39 is 0 Å². The van der Waals surface area contributed by atoms with E-state index in [0.29, 0.717) is 18.8 Å². The van der Waals surface area contributed by atoms with Crippen molar-refractivity contribution in [3.05, 3.63) is 53.9 Å². The maximum absolute atomic E-state index is 12.5.